The van der Waals surface area contributed by atoms with Gasteiger partial charge in [0, 0.05) is 25.2 Å². The molecule has 5 heteroatoms. The van der Waals surface area contributed by atoms with Crippen LogP contribution in [0.25, 0.3) is 0 Å². The fourth-order valence-corrected chi connectivity index (χ4v) is 3.21. The highest BCUT2D eigenvalue weighted by Gasteiger charge is 2.26. The maximum atomic E-state index is 12.4. The van der Waals surface area contributed by atoms with Gasteiger partial charge >= 0.3 is 0 Å². The second kappa shape index (κ2) is 7.83. The largest absolute Gasteiger partial charge is 0.392 e. The molecular formula is C20H27N3O2. The Morgan fingerprint density at radius 2 is 2.04 bits per heavy atom. The van der Waals surface area contributed by atoms with Crippen LogP contribution in [0.1, 0.15) is 37.2 Å². The lowest BCUT2D eigenvalue weighted by Crippen LogP contribution is -2.38. The van der Waals surface area contributed by atoms with Crippen LogP contribution in [0.2, 0.25) is 0 Å². The van der Waals surface area contributed by atoms with E-state index in [4.69, 9.17) is 0 Å². The van der Waals surface area contributed by atoms with Crippen LogP contribution in [-0.4, -0.2) is 38.1 Å². The molecule has 0 bridgehead atoms. The minimum atomic E-state index is -0.572. The molecule has 1 N–H and O–H groups in total. The van der Waals surface area contributed by atoms with Gasteiger partial charge in [-0.15, -0.1) is 0 Å². The van der Waals surface area contributed by atoms with Gasteiger partial charge in [0.1, 0.15) is 0 Å². The van der Waals surface area contributed by atoms with Crippen LogP contribution in [0.4, 0.5) is 0 Å². The Balaban J connectivity index is 1.60. The molecule has 1 amide bonds. The third kappa shape index (κ3) is 4.28. The number of aromatic nitrogens is 2. The first-order valence-corrected chi connectivity index (χ1v) is 9.07. The number of hydrogen-bond donors (Lipinski definition) is 1. The highest BCUT2D eigenvalue weighted by molar-refractivity contribution is 5.77. The molecule has 1 aromatic carbocycles. The Morgan fingerprint density at radius 1 is 1.28 bits per heavy atom. The summed E-state index contributed by atoms with van der Waals surface area (Å²) in [5.74, 6) is 0.118. The average Bonchev–Trinajstić information content (AvgIpc) is 3.03. The van der Waals surface area contributed by atoms with Crippen molar-refractivity contribution in [3.05, 3.63) is 53.6 Å². The molecule has 0 fully saturated rings. The molecule has 134 valence electrons. The fraction of sp³-hybridized carbons (Fsp3) is 0.500. The van der Waals surface area contributed by atoms with Crippen molar-refractivity contribution >= 4 is 5.91 Å². The van der Waals surface area contributed by atoms with E-state index in [1.165, 1.54) is 11.3 Å². The Hall–Kier alpha value is -2.14. The lowest BCUT2D eigenvalue weighted by Gasteiger charge is -2.28. The number of aliphatic hydroxyl groups excluding tert-OH is 1. The number of aryl methyl sites for hydroxylation is 2. The zero-order valence-electron chi connectivity index (χ0n) is 15.1. The van der Waals surface area contributed by atoms with Gasteiger partial charge in [0.15, 0.2) is 0 Å². The second-order valence-electron chi connectivity index (χ2n) is 7.15. The summed E-state index contributed by atoms with van der Waals surface area (Å²) in [6.45, 7) is 6.03. The predicted molar refractivity (Wildman–Crippen MR) is 97.0 cm³/mol. The minimum absolute atomic E-state index is 0.0192. The third-order valence-electron chi connectivity index (χ3n) is 4.98. The third-order valence-corrected chi connectivity index (χ3v) is 4.98. The number of fused-ring (bicyclic) bond motifs is 1. The molecule has 25 heavy (non-hydrogen) atoms. The van der Waals surface area contributed by atoms with Crippen molar-refractivity contribution in [3.63, 3.8) is 0 Å². The molecule has 1 aliphatic rings. The van der Waals surface area contributed by atoms with Gasteiger partial charge in [-0.3, -0.25) is 4.79 Å². The molecule has 0 aliphatic carbocycles. The first kappa shape index (κ1) is 17.7. The van der Waals surface area contributed by atoms with Crippen molar-refractivity contribution < 1.29 is 9.90 Å². The number of amides is 1. The van der Waals surface area contributed by atoms with Gasteiger partial charge < -0.3 is 14.6 Å². The molecule has 1 aromatic heterocycles. The maximum Gasteiger partial charge on any atom is 0.225 e. The van der Waals surface area contributed by atoms with E-state index in [-0.39, 0.29) is 18.2 Å². The van der Waals surface area contributed by atoms with E-state index >= 15 is 0 Å². The molecule has 2 heterocycles. The second-order valence-corrected chi connectivity index (χ2v) is 7.15. The number of nitrogens with zero attached hydrogens (tertiary/aromatic N) is 3. The van der Waals surface area contributed by atoms with E-state index in [1.54, 1.807) is 0 Å². The molecule has 1 aliphatic heterocycles. The van der Waals surface area contributed by atoms with E-state index in [9.17, 15) is 9.90 Å². The summed E-state index contributed by atoms with van der Waals surface area (Å²) in [7, 11) is 0. The Morgan fingerprint density at radius 3 is 2.76 bits per heavy atom. The topological polar surface area (TPSA) is 58.4 Å². The van der Waals surface area contributed by atoms with Crippen molar-refractivity contribution in [1.29, 1.82) is 0 Å². The average molecular weight is 341 g/mol. The van der Waals surface area contributed by atoms with Gasteiger partial charge in [0.25, 0.3) is 0 Å². The summed E-state index contributed by atoms with van der Waals surface area (Å²) in [5, 5.41) is 9.94. The van der Waals surface area contributed by atoms with Crippen molar-refractivity contribution in [2.75, 3.05) is 6.54 Å². The lowest BCUT2D eigenvalue weighted by molar-refractivity contribution is -0.134. The summed E-state index contributed by atoms with van der Waals surface area (Å²) < 4.78 is 2.22. The van der Waals surface area contributed by atoms with Crippen molar-refractivity contribution in [2.24, 2.45) is 5.92 Å². The molecular weight excluding hydrogens is 314 g/mol. The minimum Gasteiger partial charge on any atom is -0.392 e. The van der Waals surface area contributed by atoms with Crippen molar-refractivity contribution in [2.45, 2.75) is 52.3 Å². The zero-order valence-corrected chi connectivity index (χ0v) is 15.1. The quantitative estimate of drug-likeness (QED) is 0.878. The van der Waals surface area contributed by atoms with E-state index in [0.717, 1.165) is 25.1 Å². The summed E-state index contributed by atoms with van der Waals surface area (Å²) in [5.41, 5.74) is 3.55. The number of hydrogen-bond acceptors (Lipinski definition) is 3. The summed E-state index contributed by atoms with van der Waals surface area (Å²) in [4.78, 5) is 18.7. The van der Waals surface area contributed by atoms with E-state index < -0.39 is 6.10 Å². The number of benzene rings is 1. The van der Waals surface area contributed by atoms with Gasteiger partial charge in [0.2, 0.25) is 5.91 Å². The van der Waals surface area contributed by atoms with Gasteiger partial charge in [0.05, 0.1) is 31.1 Å². The first-order chi connectivity index (χ1) is 12.0. The van der Waals surface area contributed by atoms with Crippen molar-refractivity contribution in [3.8, 4) is 0 Å². The normalized spacial score (nSPS) is 15.3. The maximum absolute atomic E-state index is 12.4. The molecule has 2 aromatic rings. The molecule has 0 radical (unpaired) electrons. The van der Waals surface area contributed by atoms with E-state index in [1.807, 2.05) is 31.1 Å². The summed E-state index contributed by atoms with van der Waals surface area (Å²) >= 11 is 0. The summed E-state index contributed by atoms with van der Waals surface area (Å²) in [6.07, 6.45) is 3.32. The van der Waals surface area contributed by atoms with Gasteiger partial charge in [-0.25, -0.2) is 4.98 Å². The Bertz CT molecular complexity index is 709. The van der Waals surface area contributed by atoms with Crippen molar-refractivity contribution in [1.82, 2.24) is 14.5 Å². The molecule has 0 saturated heterocycles. The van der Waals surface area contributed by atoms with Gasteiger partial charge in [-0.2, -0.15) is 0 Å². The van der Waals surface area contributed by atoms with Crippen LogP contribution < -0.4 is 0 Å². The van der Waals surface area contributed by atoms with Crippen LogP contribution >= 0.6 is 0 Å². The van der Waals surface area contributed by atoms with Gasteiger partial charge in [-0.1, -0.05) is 44.2 Å². The molecule has 3 rings (SSSR count). The fourth-order valence-electron chi connectivity index (χ4n) is 3.21. The standard InChI is InChI=1S/C20H27N3O2/c1-15(2)19(24)12-20(25)22-11-9-18-17(13-22)21-14-23(18)10-8-16-6-4-3-5-7-16/h3-7,14-15,19,24H,8-13H2,1-2H3. The molecule has 1 atom stereocenters. The Kier molecular flexibility index (Phi) is 5.53. The highest BCUT2D eigenvalue weighted by Crippen LogP contribution is 2.20. The van der Waals surface area contributed by atoms with Crippen LogP contribution in [0.3, 0.4) is 0 Å². The van der Waals surface area contributed by atoms with E-state index in [0.29, 0.717) is 13.1 Å². The lowest BCUT2D eigenvalue weighted by atomic mass is 10.0. The number of rotatable bonds is 6. The smallest absolute Gasteiger partial charge is 0.225 e. The number of carbonyl (C=O) groups excluding carboxylic acids is 1. The molecule has 0 saturated carbocycles. The molecule has 5 nitrogen and oxygen atoms in total. The highest BCUT2D eigenvalue weighted by atomic mass is 16.3. The Labute approximate surface area is 149 Å². The zero-order chi connectivity index (χ0) is 17.8. The van der Waals surface area contributed by atoms with Crippen LogP contribution in [0, 0.1) is 5.92 Å². The molecule has 1 unspecified atom stereocenters. The number of carbonyl (C=O) groups is 1. The first-order valence-electron chi connectivity index (χ1n) is 9.07. The van der Waals surface area contributed by atoms with E-state index in [2.05, 4.69) is 33.8 Å². The van der Waals surface area contributed by atoms with Crippen LogP contribution in [0.5, 0.6) is 0 Å². The molecule has 0 spiro atoms. The monoisotopic (exact) mass is 341 g/mol. The van der Waals surface area contributed by atoms with Gasteiger partial charge in [-0.05, 0) is 17.9 Å². The SMILES string of the molecule is CC(C)C(O)CC(=O)N1CCc2c(ncn2CCc2ccccc2)C1. The number of aliphatic hydroxyl groups is 1. The van der Waals surface area contributed by atoms with Crippen LogP contribution in [-0.2, 0) is 30.7 Å². The van der Waals surface area contributed by atoms with Crippen LogP contribution in [0.15, 0.2) is 36.7 Å². The summed E-state index contributed by atoms with van der Waals surface area (Å²) in [6, 6.07) is 10.4. The predicted octanol–water partition coefficient (Wildman–Crippen LogP) is 2.42. The number of imidazole rings is 1.